The minimum Gasteiger partial charge on any atom is -0.454 e. The fraction of sp³-hybridized carbons (Fsp3) is 0.174. The molecule has 5 rings (SSSR count). The maximum absolute atomic E-state index is 12.7. The van der Waals surface area contributed by atoms with Gasteiger partial charge in [-0.05, 0) is 30.3 Å². The highest BCUT2D eigenvalue weighted by Gasteiger charge is 2.18. The van der Waals surface area contributed by atoms with Gasteiger partial charge in [0.1, 0.15) is 12.0 Å². The normalized spacial score (nSPS) is 11.9. The zero-order valence-corrected chi connectivity index (χ0v) is 17.9. The smallest absolute Gasteiger partial charge is 0.251 e. The lowest BCUT2D eigenvalue weighted by Crippen LogP contribution is -2.23. The van der Waals surface area contributed by atoms with Crippen LogP contribution in [-0.4, -0.2) is 37.4 Å². The molecule has 10 heteroatoms. The molecular formula is C23H21N7O3. The Kier molecular flexibility index (Phi) is 5.54. The van der Waals surface area contributed by atoms with Crippen molar-refractivity contribution in [3.05, 3.63) is 78.0 Å². The van der Waals surface area contributed by atoms with Gasteiger partial charge in [-0.1, -0.05) is 18.2 Å². The number of anilines is 1. The van der Waals surface area contributed by atoms with E-state index >= 15 is 0 Å². The van der Waals surface area contributed by atoms with E-state index < -0.39 is 0 Å². The number of ether oxygens (including phenoxy) is 2. The Labute approximate surface area is 189 Å². The van der Waals surface area contributed by atoms with Gasteiger partial charge in [0.25, 0.3) is 5.91 Å². The number of nitrogens with zero attached hydrogens (tertiary/aromatic N) is 5. The molecule has 1 aliphatic rings. The first-order valence-electron chi connectivity index (χ1n) is 10.3. The number of fused-ring (bicyclic) bond motifs is 1. The first-order valence-corrected chi connectivity index (χ1v) is 10.3. The van der Waals surface area contributed by atoms with Crippen LogP contribution in [0.15, 0.2) is 61.1 Å². The summed E-state index contributed by atoms with van der Waals surface area (Å²) in [5.74, 6) is 2.58. The van der Waals surface area contributed by atoms with Gasteiger partial charge in [-0.15, -0.1) is 10.2 Å². The molecule has 1 amide bonds. The maximum atomic E-state index is 12.7. The van der Waals surface area contributed by atoms with Crippen molar-refractivity contribution < 1.29 is 14.3 Å². The van der Waals surface area contributed by atoms with E-state index in [1.54, 1.807) is 24.4 Å². The highest BCUT2D eigenvalue weighted by Crippen LogP contribution is 2.35. The number of aromatic nitrogens is 5. The summed E-state index contributed by atoms with van der Waals surface area (Å²) in [4.78, 5) is 20.9. The topological polar surface area (TPSA) is 116 Å². The van der Waals surface area contributed by atoms with E-state index in [9.17, 15) is 4.79 Å². The van der Waals surface area contributed by atoms with E-state index in [-0.39, 0.29) is 12.7 Å². The molecule has 10 nitrogen and oxygen atoms in total. The quantitative estimate of drug-likeness (QED) is 0.448. The Balaban J connectivity index is 1.22. The summed E-state index contributed by atoms with van der Waals surface area (Å²) >= 11 is 0. The van der Waals surface area contributed by atoms with Crippen LogP contribution < -0.4 is 20.1 Å². The molecule has 2 aromatic carbocycles. The third-order valence-electron chi connectivity index (χ3n) is 5.27. The van der Waals surface area contributed by atoms with E-state index in [1.165, 1.54) is 6.33 Å². The number of hydrogen-bond donors (Lipinski definition) is 2. The summed E-state index contributed by atoms with van der Waals surface area (Å²) in [5, 5.41) is 14.7. The van der Waals surface area contributed by atoms with Crippen molar-refractivity contribution >= 4 is 11.6 Å². The van der Waals surface area contributed by atoms with Gasteiger partial charge in [0, 0.05) is 36.6 Å². The molecule has 4 aromatic rings. The molecule has 2 N–H and O–H groups in total. The van der Waals surface area contributed by atoms with Crippen LogP contribution in [0.1, 0.15) is 21.7 Å². The number of amides is 1. The number of carbonyl (C=O) groups is 1. The first kappa shape index (κ1) is 20.4. The zero-order valence-electron chi connectivity index (χ0n) is 17.9. The molecule has 0 bridgehead atoms. The van der Waals surface area contributed by atoms with Crippen molar-refractivity contribution in [1.29, 1.82) is 0 Å². The van der Waals surface area contributed by atoms with Gasteiger partial charge >= 0.3 is 0 Å². The average molecular weight is 443 g/mol. The standard InChI is InChI=1S/C23H21N7O3/c1-30-20(28-29-22(30)18-8-9-24-13-27-18)12-25-17-6-2-4-15(10-17)23(31)26-11-16-5-3-7-19-21(16)33-14-32-19/h2-10,13,25H,11-12,14H2,1H3,(H,26,31). The van der Waals surface area contributed by atoms with Crippen LogP contribution in [0, 0.1) is 0 Å². The molecule has 0 saturated heterocycles. The van der Waals surface area contributed by atoms with E-state index in [1.807, 2.05) is 41.9 Å². The predicted molar refractivity (Wildman–Crippen MR) is 120 cm³/mol. The minimum absolute atomic E-state index is 0.181. The molecule has 166 valence electrons. The number of carbonyl (C=O) groups excluding carboxylic acids is 1. The molecule has 0 atom stereocenters. The van der Waals surface area contributed by atoms with Gasteiger partial charge in [0.2, 0.25) is 6.79 Å². The van der Waals surface area contributed by atoms with Crippen LogP contribution in [0.25, 0.3) is 11.5 Å². The Bertz CT molecular complexity index is 1290. The summed E-state index contributed by atoms with van der Waals surface area (Å²) in [6, 6.07) is 14.7. The second-order valence-corrected chi connectivity index (χ2v) is 7.36. The minimum atomic E-state index is -0.181. The van der Waals surface area contributed by atoms with Gasteiger partial charge in [0.05, 0.1) is 6.54 Å². The van der Waals surface area contributed by atoms with Crippen LogP contribution in [0.3, 0.4) is 0 Å². The zero-order chi connectivity index (χ0) is 22.6. The lowest BCUT2D eigenvalue weighted by molar-refractivity contribution is 0.0950. The lowest BCUT2D eigenvalue weighted by Gasteiger charge is -2.10. The fourth-order valence-corrected chi connectivity index (χ4v) is 3.52. The summed E-state index contributed by atoms with van der Waals surface area (Å²) in [6.07, 6.45) is 3.14. The van der Waals surface area contributed by atoms with Gasteiger partial charge < -0.3 is 24.7 Å². The second kappa shape index (κ2) is 8.95. The highest BCUT2D eigenvalue weighted by molar-refractivity contribution is 5.95. The third kappa shape index (κ3) is 4.31. The molecule has 0 radical (unpaired) electrons. The monoisotopic (exact) mass is 443 g/mol. The molecule has 0 aliphatic carbocycles. The van der Waals surface area contributed by atoms with E-state index in [0.717, 1.165) is 17.1 Å². The van der Waals surface area contributed by atoms with Gasteiger partial charge in [0.15, 0.2) is 23.1 Å². The molecule has 3 heterocycles. The van der Waals surface area contributed by atoms with E-state index in [2.05, 4.69) is 30.8 Å². The van der Waals surface area contributed by atoms with Gasteiger partial charge in [-0.3, -0.25) is 4.79 Å². The van der Waals surface area contributed by atoms with Crippen molar-refractivity contribution in [3.8, 4) is 23.0 Å². The Morgan fingerprint density at radius 3 is 2.88 bits per heavy atom. The van der Waals surface area contributed by atoms with E-state index in [4.69, 9.17) is 9.47 Å². The predicted octanol–water partition coefficient (Wildman–Crippen LogP) is 2.54. The molecular weight excluding hydrogens is 422 g/mol. The van der Waals surface area contributed by atoms with E-state index in [0.29, 0.717) is 41.7 Å². The van der Waals surface area contributed by atoms with Crippen molar-refractivity contribution in [2.45, 2.75) is 13.1 Å². The first-order chi connectivity index (χ1) is 16.2. The molecule has 0 unspecified atom stereocenters. The van der Waals surface area contributed by atoms with Crippen LogP contribution in [0.5, 0.6) is 11.5 Å². The van der Waals surface area contributed by atoms with Gasteiger partial charge in [-0.25, -0.2) is 9.97 Å². The number of rotatable bonds is 7. The number of para-hydroxylation sites is 1. The van der Waals surface area contributed by atoms with Crippen molar-refractivity contribution in [3.63, 3.8) is 0 Å². The molecule has 33 heavy (non-hydrogen) atoms. The maximum Gasteiger partial charge on any atom is 0.251 e. The molecule has 0 spiro atoms. The Morgan fingerprint density at radius 2 is 2.00 bits per heavy atom. The number of hydrogen-bond acceptors (Lipinski definition) is 8. The van der Waals surface area contributed by atoms with Crippen LogP contribution in [-0.2, 0) is 20.1 Å². The Hall–Kier alpha value is -4.47. The van der Waals surface area contributed by atoms with Crippen LogP contribution in [0.4, 0.5) is 5.69 Å². The fourth-order valence-electron chi connectivity index (χ4n) is 3.52. The summed E-state index contributed by atoms with van der Waals surface area (Å²) < 4.78 is 12.8. The largest absolute Gasteiger partial charge is 0.454 e. The Morgan fingerprint density at radius 1 is 1.09 bits per heavy atom. The molecule has 1 aliphatic heterocycles. The molecule has 2 aromatic heterocycles. The van der Waals surface area contributed by atoms with Crippen LogP contribution >= 0.6 is 0 Å². The summed E-state index contributed by atoms with van der Waals surface area (Å²) in [5.41, 5.74) is 2.91. The van der Waals surface area contributed by atoms with Gasteiger partial charge in [-0.2, -0.15) is 0 Å². The average Bonchev–Trinajstić information content (AvgIpc) is 3.49. The second-order valence-electron chi connectivity index (χ2n) is 7.36. The third-order valence-corrected chi connectivity index (χ3v) is 5.27. The summed E-state index contributed by atoms with van der Waals surface area (Å²) in [7, 11) is 1.88. The number of benzene rings is 2. The SMILES string of the molecule is Cn1c(CNc2cccc(C(=O)NCc3cccc4c3OCO4)c2)nnc1-c1ccncn1. The van der Waals surface area contributed by atoms with Crippen LogP contribution in [0.2, 0.25) is 0 Å². The molecule has 0 fully saturated rings. The summed E-state index contributed by atoms with van der Waals surface area (Å²) in [6.45, 7) is 0.973. The lowest BCUT2D eigenvalue weighted by atomic mass is 10.1. The van der Waals surface area contributed by atoms with Crippen molar-refractivity contribution in [2.75, 3.05) is 12.1 Å². The number of nitrogens with one attached hydrogen (secondary N) is 2. The molecule has 0 saturated carbocycles. The van der Waals surface area contributed by atoms with Crippen molar-refractivity contribution in [2.24, 2.45) is 7.05 Å². The highest BCUT2D eigenvalue weighted by atomic mass is 16.7. The van der Waals surface area contributed by atoms with Crippen molar-refractivity contribution in [1.82, 2.24) is 30.0 Å².